The lowest BCUT2D eigenvalue weighted by Gasteiger charge is -2.38. The first-order valence-corrected chi connectivity index (χ1v) is 12.8. The zero-order chi connectivity index (χ0) is 25.1. The predicted molar refractivity (Wildman–Crippen MR) is 139 cm³/mol. The molecule has 2 aliphatic heterocycles. The van der Waals surface area contributed by atoms with Crippen LogP contribution in [0.1, 0.15) is 65.4 Å². The maximum absolute atomic E-state index is 12.4. The van der Waals surface area contributed by atoms with Crippen LogP contribution < -0.4 is 10.1 Å². The highest BCUT2D eigenvalue weighted by Crippen LogP contribution is 2.42. The minimum atomic E-state index is -0.242. The van der Waals surface area contributed by atoms with Crippen molar-refractivity contribution in [1.82, 2.24) is 4.90 Å². The lowest BCUT2D eigenvalue weighted by molar-refractivity contribution is -0.116. The zero-order valence-electron chi connectivity index (χ0n) is 21.5. The fraction of sp³-hybridized carbons (Fsp3) is 0.517. The van der Waals surface area contributed by atoms with Crippen molar-refractivity contribution in [3.8, 4) is 16.9 Å². The minimum absolute atomic E-state index is 0.0382. The fourth-order valence-corrected chi connectivity index (χ4v) is 4.67. The van der Waals surface area contributed by atoms with Gasteiger partial charge in [-0.25, -0.2) is 4.79 Å². The molecule has 188 valence electrons. The van der Waals surface area contributed by atoms with Gasteiger partial charge in [0.15, 0.2) is 0 Å². The van der Waals surface area contributed by atoms with E-state index in [2.05, 4.69) is 51.2 Å². The molecule has 2 amide bonds. The molecule has 2 heterocycles. The molecule has 0 atom stereocenters. The molecule has 2 aromatic carbocycles. The van der Waals surface area contributed by atoms with Crippen LogP contribution in [0, 0.1) is 5.41 Å². The number of anilines is 1. The third-order valence-electron chi connectivity index (χ3n) is 6.72. The van der Waals surface area contributed by atoms with E-state index in [0.29, 0.717) is 26.1 Å². The van der Waals surface area contributed by atoms with Crippen LogP contribution >= 0.6 is 0 Å². The zero-order valence-corrected chi connectivity index (χ0v) is 21.5. The first kappa shape index (κ1) is 25.1. The van der Waals surface area contributed by atoms with Crippen LogP contribution in [0.15, 0.2) is 42.5 Å². The van der Waals surface area contributed by atoms with E-state index in [0.717, 1.165) is 54.7 Å². The first-order valence-electron chi connectivity index (χ1n) is 12.8. The summed E-state index contributed by atoms with van der Waals surface area (Å²) < 4.78 is 11.9. The van der Waals surface area contributed by atoms with Gasteiger partial charge in [-0.15, -0.1) is 0 Å². The average Bonchev–Trinajstić information content (AvgIpc) is 3.18. The number of ether oxygens (including phenoxy) is 2. The standard InChI is InChI=1S/C29H38N2O4/c1-5-6-7-26(32)30-24-11-8-21(9-12-24)22-10-13-25-23(18-22)19-29(35-25)14-16-31(17-15-29)27(33)34-20-28(2,3)4/h8-13,18H,5-7,14-17,19-20H2,1-4H3,(H,30,32). The molecule has 1 fully saturated rings. The number of rotatable bonds is 6. The number of fused-ring (bicyclic) bond motifs is 1. The molecule has 0 radical (unpaired) electrons. The highest BCUT2D eigenvalue weighted by atomic mass is 16.6. The number of piperidine rings is 1. The topological polar surface area (TPSA) is 67.9 Å². The van der Waals surface area contributed by atoms with Gasteiger partial charge in [-0.2, -0.15) is 0 Å². The molecule has 2 aromatic rings. The number of hydrogen-bond donors (Lipinski definition) is 1. The van der Waals surface area contributed by atoms with Crippen LogP contribution in [-0.2, 0) is 16.0 Å². The van der Waals surface area contributed by atoms with Gasteiger partial charge in [0.25, 0.3) is 0 Å². The van der Waals surface area contributed by atoms with E-state index in [1.165, 1.54) is 5.56 Å². The molecule has 1 spiro atoms. The van der Waals surface area contributed by atoms with Crippen molar-refractivity contribution in [3.05, 3.63) is 48.0 Å². The normalized spacial score (nSPS) is 16.5. The van der Waals surface area contributed by atoms with Gasteiger partial charge < -0.3 is 19.7 Å². The van der Waals surface area contributed by atoms with Crippen LogP contribution in [0.4, 0.5) is 10.5 Å². The van der Waals surface area contributed by atoms with E-state index in [-0.39, 0.29) is 23.0 Å². The molecule has 2 aliphatic rings. The van der Waals surface area contributed by atoms with Crippen LogP contribution in [0.5, 0.6) is 5.75 Å². The molecular formula is C29H38N2O4. The molecule has 6 heteroatoms. The van der Waals surface area contributed by atoms with Crippen molar-refractivity contribution < 1.29 is 19.1 Å². The fourth-order valence-electron chi connectivity index (χ4n) is 4.67. The van der Waals surface area contributed by atoms with E-state index in [9.17, 15) is 9.59 Å². The lowest BCUT2D eigenvalue weighted by Crippen LogP contribution is -2.49. The number of carbonyl (C=O) groups excluding carboxylic acids is 2. The van der Waals surface area contributed by atoms with Gasteiger partial charge >= 0.3 is 6.09 Å². The molecule has 0 bridgehead atoms. The van der Waals surface area contributed by atoms with Crippen LogP contribution in [0.25, 0.3) is 11.1 Å². The summed E-state index contributed by atoms with van der Waals surface area (Å²) in [6.07, 6.45) is 4.70. The summed E-state index contributed by atoms with van der Waals surface area (Å²) >= 11 is 0. The molecule has 4 rings (SSSR count). The summed E-state index contributed by atoms with van der Waals surface area (Å²) in [7, 11) is 0. The number of hydrogen-bond acceptors (Lipinski definition) is 4. The Bertz CT molecular complexity index is 1050. The van der Waals surface area contributed by atoms with Crippen molar-refractivity contribution in [2.75, 3.05) is 25.0 Å². The summed E-state index contributed by atoms with van der Waals surface area (Å²) in [6.45, 7) is 9.98. The summed E-state index contributed by atoms with van der Waals surface area (Å²) in [5.41, 5.74) is 4.00. The quantitative estimate of drug-likeness (QED) is 0.519. The Kier molecular flexibility index (Phi) is 7.39. The van der Waals surface area contributed by atoms with Crippen molar-refractivity contribution in [3.63, 3.8) is 0 Å². The van der Waals surface area contributed by atoms with Gasteiger partial charge in [-0.1, -0.05) is 52.3 Å². The Hall–Kier alpha value is -3.02. The Morgan fingerprint density at radius 3 is 2.40 bits per heavy atom. The monoisotopic (exact) mass is 478 g/mol. The van der Waals surface area contributed by atoms with Crippen molar-refractivity contribution in [1.29, 1.82) is 0 Å². The number of nitrogens with zero attached hydrogens (tertiary/aromatic N) is 1. The van der Waals surface area contributed by atoms with E-state index in [1.807, 2.05) is 24.3 Å². The van der Waals surface area contributed by atoms with E-state index in [1.54, 1.807) is 4.90 Å². The second-order valence-corrected chi connectivity index (χ2v) is 11.1. The van der Waals surface area contributed by atoms with E-state index in [4.69, 9.17) is 9.47 Å². The van der Waals surface area contributed by atoms with Gasteiger partial charge in [0.05, 0.1) is 6.61 Å². The molecule has 35 heavy (non-hydrogen) atoms. The molecule has 0 aliphatic carbocycles. The maximum Gasteiger partial charge on any atom is 0.409 e. The molecular weight excluding hydrogens is 440 g/mol. The third kappa shape index (κ3) is 6.36. The third-order valence-corrected chi connectivity index (χ3v) is 6.72. The second-order valence-electron chi connectivity index (χ2n) is 11.1. The van der Waals surface area contributed by atoms with Gasteiger partial charge in [0, 0.05) is 44.5 Å². The van der Waals surface area contributed by atoms with Crippen molar-refractivity contribution >= 4 is 17.7 Å². The Balaban J connectivity index is 1.35. The Morgan fingerprint density at radius 1 is 1.06 bits per heavy atom. The van der Waals surface area contributed by atoms with Gasteiger partial charge in [-0.05, 0) is 52.8 Å². The van der Waals surface area contributed by atoms with Gasteiger partial charge in [0.1, 0.15) is 11.4 Å². The van der Waals surface area contributed by atoms with Crippen LogP contribution in [-0.4, -0.2) is 42.2 Å². The van der Waals surface area contributed by atoms with E-state index < -0.39 is 0 Å². The Morgan fingerprint density at radius 2 is 1.74 bits per heavy atom. The second kappa shape index (κ2) is 10.3. The smallest absolute Gasteiger partial charge is 0.409 e. The van der Waals surface area contributed by atoms with Crippen LogP contribution in [0.3, 0.4) is 0 Å². The number of amides is 2. The Labute approximate surface area is 209 Å². The highest BCUT2D eigenvalue weighted by molar-refractivity contribution is 5.91. The minimum Gasteiger partial charge on any atom is -0.487 e. The number of carbonyl (C=O) groups is 2. The molecule has 1 N–H and O–H groups in total. The largest absolute Gasteiger partial charge is 0.487 e. The number of benzene rings is 2. The van der Waals surface area contributed by atoms with Gasteiger partial charge in [-0.3, -0.25) is 4.79 Å². The summed E-state index contributed by atoms with van der Waals surface area (Å²) in [6, 6.07) is 14.4. The first-order chi connectivity index (χ1) is 16.7. The SMILES string of the molecule is CCCCC(=O)Nc1ccc(-c2ccc3c(c2)CC2(CCN(C(=O)OCC(C)(C)C)CC2)O3)cc1. The average molecular weight is 479 g/mol. The summed E-state index contributed by atoms with van der Waals surface area (Å²) in [5.74, 6) is 1.01. The molecule has 1 saturated heterocycles. The van der Waals surface area contributed by atoms with Gasteiger partial charge in [0.2, 0.25) is 5.91 Å². The predicted octanol–water partition coefficient (Wildman–Crippen LogP) is 6.43. The lowest BCUT2D eigenvalue weighted by atomic mass is 9.86. The maximum atomic E-state index is 12.4. The number of unbranched alkanes of at least 4 members (excludes halogenated alkanes) is 1. The highest BCUT2D eigenvalue weighted by Gasteiger charge is 2.43. The number of nitrogens with one attached hydrogen (secondary N) is 1. The molecule has 6 nitrogen and oxygen atoms in total. The molecule has 0 unspecified atom stereocenters. The van der Waals surface area contributed by atoms with Crippen molar-refractivity contribution in [2.45, 2.75) is 71.8 Å². The molecule has 0 saturated carbocycles. The van der Waals surface area contributed by atoms with Crippen LogP contribution in [0.2, 0.25) is 0 Å². The molecule has 0 aromatic heterocycles. The van der Waals surface area contributed by atoms with Crippen molar-refractivity contribution in [2.24, 2.45) is 5.41 Å². The number of likely N-dealkylation sites (tertiary alicyclic amines) is 1. The summed E-state index contributed by atoms with van der Waals surface area (Å²) in [5, 5.41) is 2.97. The summed E-state index contributed by atoms with van der Waals surface area (Å²) in [4.78, 5) is 26.2. The van der Waals surface area contributed by atoms with E-state index >= 15 is 0 Å².